The van der Waals surface area contributed by atoms with Crippen molar-refractivity contribution in [2.45, 2.75) is 17.9 Å². The number of benzene rings is 2. The van der Waals surface area contributed by atoms with Gasteiger partial charge in [0.2, 0.25) is 5.91 Å². The Morgan fingerprint density at radius 1 is 1.07 bits per heavy atom. The summed E-state index contributed by atoms with van der Waals surface area (Å²) in [4.78, 5) is 17.4. The molecule has 0 fully saturated rings. The molecule has 3 aromatic rings. The van der Waals surface area contributed by atoms with Crippen molar-refractivity contribution in [3.05, 3.63) is 71.5 Å². The van der Waals surface area contributed by atoms with Crippen molar-refractivity contribution in [2.75, 3.05) is 24.3 Å². The number of amides is 1. The molecule has 3 aliphatic rings. The first kappa shape index (κ1) is 17.1. The molecule has 0 bridgehead atoms. The number of carbonyl (C=O) groups excluding carboxylic acids is 1. The summed E-state index contributed by atoms with van der Waals surface area (Å²) in [5.41, 5.74) is 9.10. The van der Waals surface area contributed by atoms with Crippen LogP contribution in [-0.4, -0.2) is 30.2 Å². The molecule has 7 heteroatoms. The Kier molecular flexibility index (Phi) is 3.50. The quantitative estimate of drug-likeness (QED) is 0.686. The lowest BCUT2D eigenvalue weighted by Crippen LogP contribution is -2.37. The maximum atomic E-state index is 13.0. The Morgan fingerprint density at radius 3 is 2.87 bits per heavy atom. The lowest BCUT2D eigenvalue weighted by atomic mass is 9.77. The fourth-order valence-electron chi connectivity index (χ4n) is 4.52. The first-order valence-electron chi connectivity index (χ1n) is 9.86. The van der Waals surface area contributed by atoms with Crippen LogP contribution in [0.15, 0.2) is 54.7 Å². The smallest absolute Gasteiger partial charge is 0.243 e. The number of ether oxygens (including phenoxy) is 3. The Hall–Kier alpha value is -3.74. The molecule has 1 aromatic heterocycles. The van der Waals surface area contributed by atoms with Crippen molar-refractivity contribution in [1.82, 2.24) is 4.98 Å². The predicted molar refractivity (Wildman–Crippen MR) is 110 cm³/mol. The van der Waals surface area contributed by atoms with E-state index < -0.39 is 5.41 Å². The third-order valence-corrected chi connectivity index (χ3v) is 6.04. The Labute approximate surface area is 172 Å². The summed E-state index contributed by atoms with van der Waals surface area (Å²) in [6.07, 6.45) is 2.03. The zero-order valence-electron chi connectivity index (χ0n) is 16.1. The van der Waals surface area contributed by atoms with E-state index in [0.29, 0.717) is 36.0 Å². The minimum atomic E-state index is -0.872. The van der Waals surface area contributed by atoms with Crippen molar-refractivity contribution in [1.29, 1.82) is 0 Å². The van der Waals surface area contributed by atoms with Gasteiger partial charge in [0.05, 0.1) is 11.4 Å². The van der Waals surface area contributed by atoms with E-state index in [9.17, 15) is 4.79 Å². The van der Waals surface area contributed by atoms with Gasteiger partial charge in [0.25, 0.3) is 0 Å². The summed E-state index contributed by atoms with van der Waals surface area (Å²) >= 11 is 0. The van der Waals surface area contributed by atoms with E-state index in [0.717, 1.165) is 22.5 Å². The van der Waals surface area contributed by atoms with Gasteiger partial charge in [-0.15, -0.1) is 0 Å². The second-order valence-electron chi connectivity index (χ2n) is 7.78. The summed E-state index contributed by atoms with van der Waals surface area (Å²) in [6, 6.07) is 15.0. The molecule has 2 atom stereocenters. The standard InChI is InChI=1S/C23H19N3O4/c24-16-5-3-7-25-18(16)8-13-11-28-20-10-19-15(9-21(20)30-13)23(12-29-19)14-4-1-2-6-17(14)26-22(23)27/h1-7,9-10,13H,8,11-12,24H2,(H,26,27). The molecule has 1 amide bonds. The molecule has 1 spiro atoms. The monoisotopic (exact) mass is 401 g/mol. The minimum absolute atomic E-state index is 0.0862. The molecule has 6 rings (SSSR count). The highest BCUT2D eigenvalue weighted by Gasteiger charge is 2.54. The van der Waals surface area contributed by atoms with E-state index in [1.807, 2.05) is 42.5 Å². The summed E-state index contributed by atoms with van der Waals surface area (Å²) in [6.45, 7) is 0.637. The van der Waals surface area contributed by atoms with Crippen LogP contribution in [0.25, 0.3) is 0 Å². The fraction of sp³-hybridized carbons (Fsp3) is 0.217. The van der Waals surface area contributed by atoms with Crippen molar-refractivity contribution < 1.29 is 19.0 Å². The summed E-state index contributed by atoms with van der Waals surface area (Å²) in [5.74, 6) is 1.78. The van der Waals surface area contributed by atoms with Crippen LogP contribution < -0.4 is 25.3 Å². The maximum Gasteiger partial charge on any atom is 0.243 e. The van der Waals surface area contributed by atoms with Crippen LogP contribution in [-0.2, 0) is 16.6 Å². The van der Waals surface area contributed by atoms with E-state index in [1.54, 1.807) is 12.3 Å². The maximum absolute atomic E-state index is 13.0. The number of fused-ring (bicyclic) bond motifs is 5. The topological polar surface area (TPSA) is 95.7 Å². The van der Waals surface area contributed by atoms with Crippen LogP contribution in [0.1, 0.15) is 16.8 Å². The number of nitrogen functional groups attached to an aromatic ring is 1. The molecule has 3 aliphatic heterocycles. The second-order valence-corrected chi connectivity index (χ2v) is 7.78. The van der Waals surface area contributed by atoms with Gasteiger partial charge in [-0.2, -0.15) is 0 Å². The molecule has 3 N–H and O–H groups in total. The third kappa shape index (κ3) is 2.32. The predicted octanol–water partition coefficient (Wildman–Crippen LogP) is 2.68. The van der Waals surface area contributed by atoms with Crippen LogP contribution in [0.5, 0.6) is 17.2 Å². The summed E-state index contributed by atoms with van der Waals surface area (Å²) < 4.78 is 18.1. The Bertz CT molecular complexity index is 1190. The van der Waals surface area contributed by atoms with E-state index in [2.05, 4.69) is 10.3 Å². The molecular weight excluding hydrogens is 382 g/mol. The molecule has 2 unspecified atom stereocenters. The van der Waals surface area contributed by atoms with E-state index in [-0.39, 0.29) is 18.6 Å². The molecule has 0 radical (unpaired) electrons. The SMILES string of the molecule is Nc1cccnc1CC1COc2cc3c(cc2O1)C1(CO3)C(=O)Nc2ccccc21. The number of carbonyl (C=O) groups is 1. The summed E-state index contributed by atoms with van der Waals surface area (Å²) in [7, 11) is 0. The number of nitrogens with two attached hydrogens (primary N) is 1. The molecule has 4 heterocycles. The van der Waals surface area contributed by atoms with Crippen molar-refractivity contribution in [3.63, 3.8) is 0 Å². The van der Waals surface area contributed by atoms with Crippen molar-refractivity contribution >= 4 is 17.3 Å². The van der Waals surface area contributed by atoms with Gasteiger partial charge in [-0.05, 0) is 29.8 Å². The first-order valence-corrected chi connectivity index (χ1v) is 9.86. The highest BCUT2D eigenvalue weighted by atomic mass is 16.6. The number of anilines is 2. The Balaban J connectivity index is 1.37. The van der Waals surface area contributed by atoms with Gasteiger partial charge in [0, 0.05) is 29.9 Å². The number of pyridine rings is 1. The molecule has 0 saturated carbocycles. The Morgan fingerprint density at radius 2 is 1.97 bits per heavy atom. The van der Waals surface area contributed by atoms with E-state index >= 15 is 0 Å². The number of nitrogens with one attached hydrogen (secondary N) is 1. The van der Waals surface area contributed by atoms with Crippen molar-refractivity contribution in [3.8, 4) is 17.2 Å². The number of rotatable bonds is 2. The number of para-hydroxylation sites is 1. The van der Waals surface area contributed by atoms with Crippen LogP contribution in [0, 0.1) is 0 Å². The van der Waals surface area contributed by atoms with Crippen LogP contribution in [0.2, 0.25) is 0 Å². The lowest BCUT2D eigenvalue weighted by Gasteiger charge is -2.28. The normalized spacial score (nSPS) is 22.9. The van der Waals surface area contributed by atoms with Crippen LogP contribution in [0.4, 0.5) is 11.4 Å². The summed E-state index contributed by atoms with van der Waals surface area (Å²) in [5, 5.41) is 2.99. The molecule has 7 nitrogen and oxygen atoms in total. The van der Waals surface area contributed by atoms with Gasteiger partial charge in [-0.25, -0.2) is 0 Å². The largest absolute Gasteiger partial charge is 0.491 e. The van der Waals surface area contributed by atoms with Gasteiger partial charge in [-0.1, -0.05) is 18.2 Å². The highest BCUT2D eigenvalue weighted by molar-refractivity contribution is 6.09. The van der Waals surface area contributed by atoms with Gasteiger partial charge in [0.15, 0.2) is 11.5 Å². The van der Waals surface area contributed by atoms with Gasteiger partial charge in [-0.3, -0.25) is 9.78 Å². The molecule has 0 aliphatic carbocycles. The zero-order chi connectivity index (χ0) is 20.3. The van der Waals surface area contributed by atoms with Gasteiger partial charge < -0.3 is 25.3 Å². The minimum Gasteiger partial charge on any atom is -0.491 e. The highest BCUT2D eigenvalue weighted by Crippen LogP contribution is 2.53. The third-order valence-electron chi connectivity index (χ3n) is 6.04. The fourth-order valence-corrected chi connectivity index (χ4v) is 4.52. The number of hydrogen-bond acceptors (Lipinski definition) is 6. The van der Waals surface area contributed by atoms with Gasteiger partial charge >= 0.3 is 0 Å². The van der Waals surface area contributed by atoms with E-state index in [4.69, 9.17) is 19.9 Å². The average molecular weight is 401 g/mol. The van der Waals surface area contributed by atoms with Crippen LogP contribution >= 0.6 is 0 Å². The van der Waals surface area contributed by atoms with Crippen LogP contribution in [0.3, 0.4) is 0 Å². The molecule has 150 valence electrons. The molecule has 2 aromatic carbocycles. The first-order chi connectivity index (χ1) is 14.6. The average Bonchev–Trinajstić information content (AvgIpc) is 3.27. The molecule has 30 heavy (non-hydrogen) atoms. The van der Waals surface area contributed by atoms with E-state index in [1.165, 1.54) is 0 Å². The van der Waals surface area contributed by atoms with Crippen molar-refractivity contribution in [2.24, 2.45) is 0 Å². The number of hydrogen-bond donors (Lipinski definition) is 2. The number of aromatic nitrogens is 1. The molecule has 0 saturated heterocycles. The second kappa shape index (κ2) is 6.13. The lowest BCUT2D eigenvalue weighted by molar-refractivity contribution is -0.119. The zero-order valence-corrected chi connectivity index (χ0v) is 16.1. The number of nitrogens with zero attached hydrogens (tertiary/aromatic N) is 1. The molecular formula is C23H19N3O4. The van der Waals surface area contributed by atoms with Gasteiger partial charge in [0.1, 0.15) is 30.5 Å².